The predicted octanol–water partition coefficient (Wildman–Crippen LogP) is 6.80. The lowest BCUT2D eigenvalue weighted by molar-refractivity contribution is -0.122. The molecule has 2 aromatic rings. The van der Waals surface area contributed by atoms with Gasteiger partial charge in [0.25, 0.3) is 11.8 Å². The molecular formula is C24H23Br2ClN2O4. The summed E-state index contributed by atoms with van der Waals surface area (Å²) in [5, 5.41) is 2.60. The Hall–Kier alpha value is -2.16. The van der Waals surface area contributed by atoms with Crippen molar-refractivity contribution in [1.82, 2.24) is 5.32 Å². The number of unbranched alkanes of at least 4 members (excludes halogenated alkanes) is 3. The lowest BCUT2D eigenvalue weighted by Crippen LogP contribution is -2.54. The first kappa shape index (κ1) is 25.5. The van der Waals surface area contributed by atoms with E-state index < -0.39 is 17.8 Å². The van der Waals surface area contributed by atoms with Crippen molar-refractivity contribution in [3.63, 3.8) is 0 Å². The number of imide groups is 2. The van der Waals surface area contributed by atoms with Crippen LogP contribution in [0, 0.1) is 6.92 Å². The molecule has 6 nitrogen and oxygen atoms in total. The molecule has 3 rings (SSSR count). The van der Waals surface area contributed by atoms with Gasteiger partial charge in [0.1, 0.15) is 11.3 Å². The first-order valence-corrected chi connectivity index (χ1v) is 12.5. The molecule has 1 heterocycles. The van der Waals surface area contributed by atoms with E-state index in [1.807, 2.05) is 0 Å². The number of hydrogen-bond donors (Lipinski definition) is 1. The maximum atomic E-state index is 13.2. The molecule has 1 N–H and O–H groups in total. The van der Waals surface area contributed by atoms with Crippen molar-refractivity contribution in [3.8, 4) is 5.75 Å². The van der Waals surface area contributed by atoms with E-state index in [2.05, 4.69) is 44.1 Å². The molecule has 0 unspecified atom stereocenters. The van der Waals surface area contributed by atoms with Gasteiger partial charge in [-0.25, -0.2) is 9.69 Å². The number of nitrogens with zero attached hydrogens (tertiary/aromatic N) is 1. The number of hydrogen-bond acceptors (Lipinski definition) is 4. The van der Waals surface area contributed by atoms with E-state index in [1.165, 1.54) is 18.6 Å². The SMILES string of the molecule is CCCCCCOc1c(Br)cc(/C=C2\C(=O)NC(=O)N(c3cc(Cl)ccc3C)C2=O)cc1Br. The van der Waals surface area contributed by atoms with Crippen LogP contribution in [0.25, 0.3) is 6.08 Å². The standard InChI is InChI=1S/C24H23Br2ClN2O4/c1-3-4-5-6-9-33-21-18(25)11-15(12-19(21)26)10-17-22(30)28-24(32)29(23(17)31)20-13-16(27)8-7-14(20)2/h7-8,10-13H,3-6,9H2,1-2H3,(H,28,30,32)/b17-10+. The van der Waals surface area contributed by atoms with Crippen molar-refractivity contribution in [3.05, 3.63) is 61.0 Å². The van der Waals surface area contributed by atoms with Gasteiger partial charge in [-0.3, -0.25) is 14.9 Å². The second-order valence-corrected chi connectivity index (χ2v) is 9.76. The molecule has 1 aliphatic heterocycles. The minimum absolute atomic E-state index is 0.166. The van der Waals surface area contributed by atoms with Crippen LogP contribution >= 0.6 is 43.5 Å². The van der Waals surface area contributed by atoms with Crippen LogP contribution in [-0.4, -0.2) is 24.5 Å². The van der Waals surface area contributed by atoms with E-state index in [4.69, 9.17) is 16.3 Å². The highest BCUT2D eigenvalue weighted by Crippen LogP contribution is 2.36. The van der Waals surface area contributed by atoms with Gasteiger partial charge in [-0.1, -0.05) is 43.9 Å². The van der Waals surface area contributed by atoms with E-state index in [0.29, 0.717) is 43.1 Å². The molecule has 4 amide bonds. The Kier molecular flexibility index (Phi) is 8.73. The second-order valence-electron chi connectivity index (χ2n) is 7.61. The van der Waals surface area contributed by atoms with E-state index in [-0.39, 0.29) is 5.57 Å². The summed E-state index contributed by atoms with van der Waals surface area (Å²) in [6.45, 7) is 4.50. The van der Waals surface area contributed by atoms with E-state index in [1.54, 1.807) is 31.2 Å². The third-order valence-corrected chi connectivity index (χ3v) is 6.50. The predicted molar refractivity (Wildman–Crippen MR) is 137 cm³/mol. The molecule has 0 spiro atoms. The third-order valence-electron chi connectivity index (χ3n) is 5.09. The summed E-state index contributed by atoms with van der Waals surface area (Å²) in [6, 6.07) is 7.57. The fourth-order valence-electron chi connectivity index (χ4n) is 3.37. The van der Waals surface area contributed by atoms with Crippen LogP contribution < -0.4 is 15.0 Å². The number of urea groups is 1. The number of ether oxygens (including phenoxy) is 1. The Labute approximate surface area is 214 Å². The van der Waals surface area contributed by atoms with E-state index in [9.17, 15) is 14.4 Å². The number of nitrogens with one attached hydrogen (secondary N) is 1. The van der Waals surface area contributed by atoms with Gasteiger partial charge in [-0.15, -0.1) is 0 Å². The fraction of sp³-hybridized carbons (Fsp3) is 0.292. The number of rotatable bonds is 8. The monoisotopic (exact) mass is 596 g/mol. The molecule has 1 saturated heterocycles. The van der Waals surface area contributed by atoms with Gasteiger partial charge in [0.2, 0.25) is 0 Å². The van der Waals surface area contributed by atoms with Crippen LogP contribution in [0.15, 0.2) is 44.9 Å². The number of aryl methyl sites for hydroxylation is 1. The Bertz CT molecular complexity index is 1110. The fourth-order valence-corrected chi connectivity index (χ4v) is 4.99. The highest BCUT2D eigenvalue weighted by molar-refractivity contribution is 9.11. The highest BCUT2D eigenvalue weighted by atomic mass is 79.9. The molecule has 33 heavy (non-hydrogen) atoms. The molecule has 0 aliphatic carbocycles. The molecule has 2 aromatic carbocycles. The van der Waals surface area contributed by atoms with Crippen LogP contribution in [0.3, 0.4) is 0 Å². The minimum Gasteiger partial charge on any atom is -0.491 e. The van der Waals surface area contributed by atoms with Crippen molar-refractivity contribution in [2.45, 2.75) is 39.5 Å². The zero-order valence-corrected chi connectivity index (χ0v) is 22.1. The number of barbiturate groups is 1. The van der Waals surface area contributed by atoms with Gasteiger partial charge in [-0.05, 0) is 86.7 Å². The molecule has 0 bridgehead atoms. The van der Waals surface area contributed by atoms with E-state index in [0.717, 1.165) is 24.2 Å². The summed E-state index contributed by atoms with van der Waals surface area (Å²) in [4.78, 5) is 39.0. The lowest BCUT2D eigenvalue weighted by Gasteiger charge is -2.27. The quantitative estimate of drug-likeness (QED) is 0.206. The average molecular weight is 599 g/mol. The normalized spacial score (nSPS) is 15.2. The Morgan fingerprint density at radius 1 is 1.06 bits per heavy atom. The summed E-state index contributed by atoms with van der Waals surface area (Å²) in [5.74, 6) is -0.832. The van der Waals surface area contributed by atoms with Crippen LogP contribution in [-0.2, 0) is 9.59 Å². The van der Waals surface area contributed by atoms with Gasteiger partial charge in [0.05, 0.1) is 21.2 Å². The van der Waals surface area contributed by atoms with Crippen molar-refractivity contribution in [2.75, 3.05) is 11.5 Å². The molecule has 0 aromatic heterocycles. The van der Waals surface area contributed by atoms with Crippen molar-refractivity contribution in [2.24, 2.45) is 0 Å². The lowest BCUT2D eigenvalue weighted by atomic mass is 10.1. The average Bonchev–Trinajstić information content (AvgIpc) is 2.75. The molecule has 1 fully saturated rings. The number of halogens is 3. The van der Waals surface area contributed by atoms with Crippen molar-refractivity contribution >= 4 is 73.1 Å². The number of benzene rings is 2. The molecule has 1 aliphatic rings. The highest BCUT2D eigenvalue weighted by Gasteiger charge is 2.37. The first-order valence-electron chi connectivity index (χ1n) is 10.5. The van der Waals surface area contributed by atoms with Crippen LogP contribution in [0.5, 0.6) is 5.75 Å². The summed E-state index contributed by atoms with van der Waals surface area (Å²) < 4.78 is 7.25. The second kappa shape index (κ2) is 11.3. The van der Waals surface area contributed by atoms with Gasteiger partial charge < -0.3 is 4.74 Å². The van der Waals surface area contributed by atoms with Crippen molar-refractivity contribution < 1.29 is 19.1 Å². The summed E-state index contributed by atoms with van der Waals surface area (Å²) in [5.41, 5.74) is 1.41. The largest absolute Gasteiger partial charge is 0.491 e. The maximum Gasteiger partial charge on any atom is 0.335 e. The number of amides is 4. The smallest absolute Gasteiger partial charge is 0.335 e. The number of carbonyl (C=O) groups is 3. The molecule has 9 heteroatoms. The molecular weight excluding hydrogens is 576 g/mol. The molecule has 0 radical (unpaired) electrons. The van der Waals surface area contributed by atoms with Gasteiger partial charge >= 0.3 is 6.03 Å². The third kappa shape index (κ3) is 6.05. The van der Waals surface area contributed by atoms with Crippen LogP contribution in [0.2, 0.25) is 5.02 Å². The Morgan fingerprint density at radius 2 is 1.76 bits per heavy atom. The molecule has 0 saturated carbocycles. The Balaban J connectivity index is 1.88. The summed E-state index contributed by atoms with van der Waals surface area (Å²) in [6.07, 6.45) is 5.83. The molecule has 0 atom stereocenters. The van der Waals surface area contributed by atoms with Gasteiger partial charge in [0, 0.05) is 5.02 Å². The maximum absolute atomic E-state index is 13.2. The van der Waals surface area contributed by atoms with Crippen LogP contribution in [0.4, 0.5) is 10.5 Å². The topological polar surface area (TPSA) is 75.7 Å². The molecule has 174 valence electrons. The zero-order valence-electron chi connectivity index (χ0n) is 18.2. The van der Waals surface area contributed by atoms with Gasteiger partial charge in [0.15, 0.2) is 0 Å². The Morgan fingerprint density at radius 3 is 2.42 bits per heavy atom. The van der Waals surface area contributed by atoms with Crippen molar-refractivity contribution in [1.29, 1.82) is 0 Å². The zero-order chi connectivity index (χ0) is 24.1. The summed E-state index contributed by atoms with van der Waals surface area (Å²) in [7, 11) is 0. The minimum atomic E-state index is -0.818. The van der Waals surface area contributed by atoms with Gasteiger partial charge in [-0.2, -0.15) is 0 Å². The van der Waals surface area contributed by atoms with Crippen LogP contribution in [0.1, 0.15) is 43.7 Å². The first-order chi connectivity index (χ1) is 15.7. The van der Waals surface area contributed by atoms with E-state index >= 15 is 0 Å². The number of anilines is 1. The summed E-state index contributed by atoms with van der Waals surface area (Å²) >= 11 is 13.1. The number of carbonyl (C=O) groups excluding carboxylic acids is 3.